The molecule has 6 heteroatoms. The number of hydrogen-bond donors (Lipinski definition) is 2. The van der Waals surface area contributed by atoms with Gasteiger partial charge in [0.25, 0.3) is 5.91 Å². The molecule has 1 fully saturated rings. The maximum absolute atomic E-state index is 12.3. The fourth-order valence-corrected chi connectivity index (χ4v) is 2.63. The average molecular weight is 326 g/mol. The first-order valence-electron chi connectivity index (χ1n) is 7.38. The lowest BCUT2D eigenvalue weighted by molar-refractivity contribution is -0.135. The van der Waals surface area contributed by atoms with Gasteiger partial charge in [-0.2, -0.15) is 0 Å². The van der Waals surface area contributed by atoms with E-state index >= 15 is 0 Å². The summed E-state index contributed by atoms with van der Waals surface area (Å²) in [6.45, 7) is 2.36. The second-order valence-electron chi connectivity index (χ2n) is 5.51. The van der Waals surface area contributed by atoms with Crippen molar-refractivity contribution in [3.63, 3.8) is 0 Å². The molecule has 1 saturated heterocycles. The number of hydrogen-bond acceptors (Lipinski definition) is 3. The molecular weight excluding hydrogens is 302 g/mol. The fraction of sp³-hybridized carbons (Fsp3) is 0.500. The van der Waals surface area contributed by atoms with E-state index in [-0.39, 0.29) is 30.1 Å². The monoisotopic (exact) mass is 325 g/mol. The van der Waals surface area contributed by atoms with E-state index in [9.17, 15) is 9.59 Å². The number of halogens is 1. The number of amides is 2. The molecule has 0 saturated carbocycles. The zero-order valence-corrected chi connectivity index (χ0v) is 13.9. The topological polar surface area (TPSA) is 61.4 Å². The van der Waals surface area contributed by atoms with Crippen LogP contribution in [0.5, 0.6) is 0 Å². The predicted octanol–water partition coefficient (Wildman–Crippen LogP) is 1.43. The van der Waals surface area contributed by atoms with Gasteiger partial charge in [0.1, 0.15) is 0 Å². The number of benzene rings is 1. The van der Waals surface area contributed by atoms with Crippen LogP contribution in [0, 0.1) is 5.92 Å². The van der Waals surface area contributed by atoms with Crippen molar-refractivity contribution < 1.29 is 9.59 Å². The molecule has 1 aliphatic heterocycles. The van der Waals surface area contributed by atoms with Crippen LogP contribution in [0.4, 0.5) is 0 Å². The van der Waals surface area contributed by atoms with E-state index < -0.39 is 0 Å². The van der Waals surface area contributed by atoms with Crippen LogP contribution < -0.4 is 10.6 Å². The largest absolute Gasteiger partial charge is 0.355 e. The van der Waals surface area contributed by atoms with Gasteiger partial charge in [0, 0.05) is 32.7 Å². The van der Waals surface area contributed by atoms with Crippen molar-refractivity contribution in [1.82, 2.24) is 15.5 Å². The number of rotatable bonds is 4. The third kappa shape index (κ3) is 4.71. The van der Waals surface area contributed by atoms with Gasteiger partial charge in [-0.15, -0.1) is 12.4 Å². The molecular formula is C16H24ClN3O2. The van der Waals surface area contributed by atoms with Crippen LogP contribution in [-0.4, -0.2) is 43.9 Å². The third-order valence-electron chi connectivity index (χ3n) is 3.89. The second kappa shape index (κ2) is 8.76. The molecule has 0 spiro atoms. The molecule has 2 N–H and O–H groups in total. The zero-order chi connectivity index (χ0) is 15.2. The van der Waals surface area contributed by atoms with Crippen molar-refractivity contribution in [3.8, 4) is 0 Å². The van der Waals surface area contributed by atoms with Crippen LogP contribution in [0.2, 0.25) is 0 Å². The zero-order valence-electron chi connectivity index (χ0n) is 13.1. The molecule has 0 radical (unpaired) electrons. The maximum Gasteiger partial charge on any atom is 0.251 e. The summed E-state index contributed by atoms with van der Waals surface area (Å²) >= 11 is 0. The first-order chi connectivity index (χ1) is 10.1. The number of piperidine rings is 1. The van der Waals surface area contributed by atoms with E-state index in [0.29, 0.717) is 12.1 Å². The van der Waals surface area contributed by atoms with E-state index in [1.54, 1.807) is 24.1 Å². The Morgan fingerprint density at radius 2 is 2.00 bits per heavy atom. The quantitative estimate of drug-likeness (QED) is 0.880. The molecule has 1 aromatic rings. The van der Waals surface area contributed by atoms with Crippen LogP contribution >= 0.6 is 12.4 Å². The molecule has 0 bridgehead atoms. The lowest BCUT2D eigenvalue weighted by Gasteiger charge is -2.27. The SMILES string of the molecule is CNC(=O)c1ccc(CN(C)C(=O)[C@@H]2CCCNC2)cc1.Cl. The third-order valence-corrected chi connectivity index (χ3v) is 3.89. The summed E-state index contributed by atoms with van der Waals surface area (Å²) in [6, 6.07) is 7.37. The summed E-state index contributed by atoms with van der Waals surface area (Å²) in [7, 11) is 3.45. The van der Waals surface area contributed by atoms with E-state index in [1.165, 1.54) is 0 Å². The molecule has 2 rings (SSSR count). The van der Waals surface area contributed by atoms with Crippen molar-refractivity contribution in [3.05, 3.63) is 35.4 Å². The summed E-state index contributed by atoms with van der Waals surface area (Å²) in [5.74, 6) is 0.186. The molecule has 0 unspecified atom stereocenters. The highest BCUT2D eigenvalue weighted by atomic mass is 35.5. The second-order valence-corrected chi connectivity index (χ2v) is 5.51. The van der Waals surface area contributed by atoms with Gasteiger partial charge >= 0.3 is 0 Å². The minimum absolute atomic E-state index is 0. The average Bonchev–Trinajstić information content (AvgIpc) is 2.55. The molecule has 1 heterocycles. The lowest BCUT2D eigenvalue weighted by atomic mass is 9.98. The van der Waals surface area contributed by atoms with Crippen LogP contribution in [0.1, 0.15) is 28.8 Å². The number of carbonyl (C=O) groups is 2. The van der Waals surface area contributed by atoms with Gasteiger partial charge in [0.15, 0.2) is 0 Å². The smallest absolute Gasteiger partial charge is 0.251 e. The first-order valence-corrected chi connectivity index (χ1v) is 7.38. The number of nitrogens with zero attached hydrogens (tertiary/aromatic N) is 1. The Morgan fingerprint density at radius 3 is 2.55 bits per heavy atom. The molecule has 1 aliphatic rings. The molecule has 1 atom stereocenters. The van der Waals surface area contributed by atoms with Gasteiger partial charge in [-0.1, -0.05) is 12.1 Å². The van der Waals surface area contributed by atoms with E-state index in [1.807, 2.05) is 19.2 Å². The fourth-order valence-electron chi connectivity index (χ4n) is 2.63. The van der Waals surface area contributed by atoms with Crippen molar-refractivity contribution >= 4 is 24.2 Å². The van der Waals surface area contributed by atoms with Crippen LogP contribution in [0.15, 0.2) is 24.3 Å². The Kier molecular flexibility index (Phi) is 7.35. The summed E-state index contributed by atoms with van der Waals surface area (Å²) in [6.07, 6.45) is 2.02. The van der Waals surface area contributed by atoms with Crippen LogP contribution in [0.25, 0.3) is 0 Å². The maximum atomic E-state index is 12.3. The summed E-state index contributed by atoms with van der Waals surface area (Å²) in [5.41, 5.74) is 1.66. The van der Waals surface area contributed by atoms with Gasteiger partial charge in [0.2, 0.25) is 5.91 Å². The molecule has 0 aliphatic carbocycles. The number of carbonyl (C=O) groups excluding carboxylic acids is 2. The lowest BCUT2D eigenvalue weighted by Crippen LogP contribution is -2.41. The molecule has 0 aromatic heterocycles. The first kappa shape index (κ1) is 18.5. The molecule has 22 heavy (non-hydrogen) atoms. The van der Waals surface area contributed by atoms with Gasteiger partial charge in [-0.05, 0) is 37.1 Å². The normalized spacial score (nSPS) is 17.3. The Balaban J connectivity index is 0.00000242. The van der Waals surface area contributed by atoms with E-state index in [4.69, 9.17) is 0 Å². The summed E-state index contributed by atoms with van der Waals surface area (Å²) < 4.78 is 0. The minimum Gasteiger partial charge on any atom is -0.355 e. The highest BCUT2D eigenvalue weighted by Crippen LogP contribution is 2.15. The Bertz CT molecular complexity index is 499. The molecule has 1 aromatic carbocycles. The van der Waals surface area contributed by atoms with Gasteiger partial charge < -0.3 is 15.5 Å². The summed E-state index contributed by atoms with van der Waals surface area (Å²) in [4.78, 5) is 25.6. The molecule has 2 amide bonds. The molecule has 5 nitrogen and oxygen atoms in total. The van der Waals surface area contributed by atoms with Gasteiger partial charge in [-0.25, -0.2) is 0 Å². The molecule has 122 valence electrons. The van der Waals surface area contributed by atoms with Crippen molar-refractivity contribution in [1.29, 1.82) is 0 Å². The standard InChI is InChI=1S/C16H23N3O2.ClH/c1-17-15(20)13-7-5-12(6-8-13)11-19(2)16(21)14-4-3-9-18-10-14;/h5-8,14,18H,3-4,9-11H2,1-2H3,(H,17,20);1H/t14-;/m1./s1. The Labute approximate surface area is 137 Å². The number of nitrogens with one attached hydrogen (secondary N) is 2. The van der Waals surface area contributed by atoms with Crippen molar-refractivity contribution in [2.24, 2.45) is 5.92 Å². The highest BCUT2D eigenvalue weighted by molar-refractivity contribution is 5.93. The van der Waals surface area contributed by atoms with Gasteiger partial charge in [0.05, 0.1) is 5.92 Å². The van der Waals surface area contributed by atoms with E-state index in [2.05, 4.69) is 10.6 Å². The summed E-state index contributed by atoms with van der Waals surface area (Å²) in [5, 5.41) is 5.86. The van der Waals surface area contributed by atoms with Crippen molar-refractivity contribution in [2.75, 3.05) is 27.2 Å². The van der Waals surface area contributed by atoms with Crippen LogP contribution in [-0.2, 0) is 11.3 Å². The highest BCUT2D eigenvalue weighted by Gasteiger charge is 2.23. The Hall–Kier alpha value is -1.59. The van der Waals surface area contributed by atoms with Crippen molar-refractivity contribution in [2.45, 2.75) is 19.4 Å². The van der Waals surface area contributed by atoms with E-state index in [0.717, 1.165) is 31.5 Å². The Morgan fingerprint density at radius 1 is 1.32 bits per heavy atom. The minimum atomic E-state index is -0.0979. The van der Waals surface area contributed by atoms with Crippen LogP contribution in [0.3, 0.4) is 0 Å². The predicted molar refractivity (Wildman–Crippen MR) is 89.1 cm³/mol. The van der Waals surface area contributed by atoms with Gasteiger partial charge in [-0.3, -0.25) is 9.59 Å².